The van der Waals surface area contributed by atoms with E-state index in [2.05, 4.69) is 4.98 Å². The number of aliphatic hydroxyl groups excluding tert-OH is 1. The van der Waals surface area contributed by atoms with Gasteiger partial charge in [0.15, 0.2) is 0 Å². The maximum atomic E-state index is 10.8. The second-order valence-corrected chi connectivity index (χ2v) is 6.36. The minimum atomic E-state index is -1.03. The fraction of sp³-hybridized carbons (Fsp3) is 0.118. The zero-order valence-electron chi connectivity index (χ0n) is 12.3. The van der Waals surface area contributed by atoms with Gasteiger partial charge in [0.2, 0.25) is 6.23 Å². The molecule has 0 aliphatic rings. The zero-order valence-corrected chi connectivity index (χ0v) is 14.6. The van der Waals surface area contributed by atoms with Gasteiger partial charge < -0.3 is 9.84 Å². The van der Waals surface area contributed by atoms with Gasteiger partial charge in [0.05, 0.1) is 6.33 Å². The monoisotopic (exact) mass is 382 g/mol. The number of nitrogens with zero attached hydrogens (tertiary/aromatic N) is 2. The lowest BCUT2D eigenvalue weighted by atomic mass is 10.1. The number of imidazole rings is 1. The molecule has 3 rings (SSSR count). The molecule has 0 radical (unpaired) electrons. The molecule has 3 aromatic rings. The lowest BCUT2D eigenvalue weighted by Crippen LogP contribution is -2.23. The largest absolute Gasteiger partial charge is 0.467 e. The number of hydrogen-bond acceptors (Lipinski definition) is 3. The maximum absolute atomic E-state index is 10.8. The van der Waals surface area contributed by atoms with Gasteiger partial charge in [-0.25, -0.2) is 4.98 Å². The fourth-order valence-corrected chi connectivity index (χ4v) is 2.90. The number of halogens is 3. The van der Waals surface area contributed by atoms with Gasteiger partial charge in [-0.05, 0) is 36.4 Å². The first-order valence-corrected chi connectivity index (χ1v) is 8.20. The number of benzene rings is 2. The Hall–Kier alpha value is -1.72. The molecule has 124 valence electrons. The Morgan fingerprint density at radius 2 is 1.71 bits per heavy atom. The summed E-state index contributed by atoms with van der Waals surface area (Å²) in [5, 5.41) is 12.3. The summed E-state index contributed by atoms with van der Waals surface area (Å²) in [7, 11) is 0. The first kappa shape index (κ1) is 17.1. The molecule has 0 saturated heterocycles. The SMILES string of the molecule is OC(c1ccc(Cl)cc1Cl)C(Oc1ccc(Cl)cc1)n1ccnc1. The Kier molecular flexibility index (Phi) is 5.31. The smallest absolute Gasteiger partial charge is 0.207 e. The van der Waals surface area contributed by atoms with Crippen molar-refractivity contribution in [1.29, 1.82) is 0 Å². The van der Waals surface area contributed by atoms with E-state index in [1.165, 1.54) is 0 Å². The second-order valence-electron chi connectivity index (χ2n) is 5.08. The first-order valence-electron chi connectivity index (χ1n) is 7.07. The van der Waals surface area contributed by atoms with Crippen LogP contribution >= 0.6 is 34.8 Å². The topological polar surface area (TPSA) is 47.3 Å². The molecule has 2 unspecified atom stereocenters. The summed E-state index contributed by atoms with van der Waals surface area (Å²) >= 11 is 18.0. The third-order valence-corrected chi connectivity index (χ3v) is 4.25. The number of aromatic nitrogens is 2. The molecule has 0 aliphatic heterocycles. The van der Waals surface area contributed by atoms with E-state index in [-0.39, 0.29) is 0 Å². The van der Waals surface area contributed by atoms with Gasteiger partial charge in [-0.2, -0.15) is 0 Å². The highest BCUT2D eigenvalue weighted by atomic mass is 35.5. The Morgan fingerprint density at radius 1 is 1.00 bits per heavy atom. The molecule has 4 nitrogen and oxygen atoms in total. The van der Waals surface area contributed by atoms with Crippen LogP contribution in [0.2, 0.25) is 15.1 Å². The van der Waals surface area contributed by atoms with E-state index >= 15 is 0 Å². The van der Waals surface area contributed by atoms with Gasteiger partial charge in [-0.3, -0.25) is 4.57 Å². The Labute approximate surface area is 154 Å². The Bertz CT molecular complexity index is 807. The third-order valence-electron chi connectivity index (χ3n) is 3.44. The summed E-state index contributed by atoms with van der Waals surface area (Å²) in [4.78, 5) is 4.01. The van der Waals surface area contributed by atoms with Gasteiger partial charge in [0, 0.05) is 33.0 Å². The van der Waals surface area contributed by atoms with Crippen molar-refractivity contribution in [2.24, 2.45) is 0 Å². The molecule has 0 saturated carbocycles. The minimum absolute atomic E-state index is 0.361. The van der Waals surface area contributed by atoms with Crippen LogP contribution in [0.4, 0.5) is 0 Å². The normalized spacial score (nSPS) is 13.5. The highest BCUT2D eigenvalue weighted by Gasteiger charge is 2.26. The molecule has 0 bridgehead atoms. The van der Waals surface area contributed by atoms with Crippen molar-refractivity contribution in [3.05, 3.63) is 81.8 Å². The number of aliphatic hydroxyl groups is 1. The van der Waals surface area contributed by atoms with Crippen LogP contribution in [0.1, 0.15) is 17.9 Å². The van der Waals surface area contributed by atoms with Crippen molar-refractivity contribution < 1.29 is 9.84 Å². The molecule has 2 atom stereocenters. The van der Waals surface area contributed by atoms with Crippen LogP contribution in [0.25, 0.3) is 0 Å². The lowest BCUT2D eigenvalue weighted by molar-refractivity contribution is -0.0114. The van der Waals surface area contributed by atoms with Crippen molar-refractivity contribution in [3.8, 4) is 5.75 Å². The van der Waals surface area contributed by atoms with Crippen LogP contribution in [0.5, 0.6) is 5.75 Å². The van der Waals surface area contributed by atoms with E-state index in [1.54, 1.807) is 65.8 Å². The van der Waals surface area contributed by atoms with E-state index < -0.39 is 12.3 Å². The van der Waals surface area contributed by atoms with Gasteiger partial charge in [0.25, 0.3) is 0 Å². The highest BCUT2D eigenvalue weighted by Crippen LogP contribution is 2.34. The van der Waals surface area contributed by atoms with Crippen LogP contribution in [-0.2, 0) is 0 Å². The zero-order chi connectivity index (χ0) is 17.1. The molecule has 2 aromatic carbocycles. The van der Waals surface area contributed by atoms with E-state index in [9.17, 15) is 5.11 Å². The summed E-state index contributed by atoms with van der Waals surface area (Å²) in [5.74, 6) is 0.558. The number of hydrogen-bond donors (Lipinski definition) is 1. The molecule has 1 heterocycles. The average Bonchev–Trinajstić information content (AvgIpc) is 3.08. The molecule has 7 heteroatoms. The van der Waals surface area contributed by atoms with Crippen LogP contribution in [-0.4, -0.2) is 14.7 Å². The summed E-state index contributed by atoms with van der Waals surface area (Å²) in [6, 6.07) is 11.8. The molecule has 0 amide bonds. The minimum Gasteiger partial charge on any atom is -0.467 e. The molecular formula is C17H13Cl3N2O2. The number of rotatable bonds is 5. The molecule has 0 aliphatic carbocycles. The molecule has 0 fully saturated rings. The van der Waals surface area contributed by atoms with E-state index in [4.69, 9.17) is 39.5 Å². The van der Waals surface area contributed by atoms with E-state index in [0.29, 0.717) is 26.4 Å². The van der Waals surface area contributed by atoms with E-state index in [1.807, 2.05) is 0 Å². The molecule has 0 spiro atoms. The van der Waals surface area contributed by atoms with Crippen LogP contribution in [0, 0.1) is 0 Å². The Balaban J connectivity index is 1.93. The molecule has 1 aromatic heterocycles. The maximum Gasteiger partial charge on any atom is 0.207 e. The van der Waals surface area contributed by atoms with Crippen molar-refractivity contribution in [1.82, 2.24) is 9.55 Å². The summed E-state index contributed by atoms with van der Waals surface area (Å²) in [6.07, 6.45) is 3.09. The van der Waals surface area contributed by atoms with Gasteiger partial charge >= 0.3 is 0 Å². The average molecular weight is 384 g/mol. The van der Waals surface area contributed by atoms with Crippen molar-refractivity contribution in [2.75, 3.05) is 0 Å². The third kappa shape index (κ3) is 3.84. The van der Waals surface area contributed by atoms with Crippen molar-refractivity contribution in [2.45, 2.75) is 12.3 Å². The standard InChI is InChI=1S/C17H13Cl3N2O2/c18-11-1-4-13(5-2-11)24-17(22-8-7-21-10-22)16(23)14-6-3-12(19)9-15(14)20/h1-10,16-17,23H. The second kappa shape index (κ2) is 7.45. The molecule has 1 N–H and O–H groups in total. The number of ether oxygens (including phenoxy) is 1. The van der Waals surface area contributed by atoms with Gasteiger partial charge in [-0.1, -0.05) is 40.9 Å². The predicted octanol–water partition coefficient (Wildman–Crippen LogP) is 5.15. The summed E-state index contributed by atoms with van der Waals surface area (Å²) in [6.45, 7) is 0. The lowest BCUT2D eigenvalue weighted by Gasteiger charge is -2.26. The fourth-order valence-electron chi connectivity index (χ4n) is 2.26. The van der Waals surface area contributed by atoms with Crippen LogP contribution in [0.15, 0.2) is 61.2 Å². The van der Waals surface area contributed by atoms with Crippen molar-refractivity contribution >= 4 is 34.8 Å². The highest BCUT2D eigenvalue weighted by molar-refractivity contribution is 6.35. The van der Waals surface area contributed by atoms with Gasteiger partial charge in [-0.15, -0.1) is 0 Å². The van der Waals surface area contributed by atoms with Crippen LogP contribution in [0.3, 0.4) is 0 Å². The Morgan fingerprint density at radius 3 is 2.33 bits per heavy atom. The molecule has 24 heavy (non-hydrogen) atoms. The van der Waals surface area contributed by atoms with Crippen LogP contribution < -0.4 is 4.74 Å². The predicted molar refractivity (Wildman–Crippen MR) is 94.8 cm³/mol. The van der Waals surface area contributed by atoms with Gasteiger partial charge in [0.1, 0.15) is 11.9 Å². The molecular weight excluding hydrogens is 371 g/mol. The van der Waals surface area contributed by atoms with Crippen molar-refractivity contribution in [3.63, 3.8) is 0 Å². The summed E-state index contributed by atoms with van der Waals surface area (Å²) in [5.41, 5.74) is 0.508. The quantitative estimate of drug-likeness (QED) is 0.662. The van der Waals surface area contributed by atoms with E-state index in [0.717, 1.165) is 0 Å². The summed E-state index contributed by atoms with van der Waals surface area (Å²) < 4.78 is 7.59. The first-order chi connectivity index (χ1) is 11.5.